The summed E-state index contributed by atoms with van der Waals surface area (Å²) in [6.45, 7) is 4.61. The summed E-state index contributed by atoms with van der Waals surface area (Å²) in [5, 5.41) is 12.7. The predicted octanol–water partition coefficient (Wildman–Crippen LogP) is 3.92. The van der Waals surface area contributed by atoms with Crippen LogP contribution in [-0.4, -0.2) is 54.6 Å². The van der Waals surface area contributed by atoms with E-state index in [2.05, 4.69) is 37.0 Å². The second-order valence-corrected chi connectivity index (χ2v) is 9.64. The lowest BCUT2D eigenvalue weighted by Crippen LogP contribution is -2.55. The Morgan fingerprint density at radius 2 is 1.84 bits per heavy atom. The van der Waals surface area contributed by atoms with Crippen molar-refractivity contribution < 1.29 is 14.3 Å². The molecule has 31 heavy (non-hydrogen) atoms. The van der Waals surface area contributed by atoms with Gasteiger partial charge in [0.15, 0.2) is 0 Å². The lowest BCUT2D eigenvalue weighted by molar-refractivity contribution is -0.109. The third kappa shape index (κ3) is 6.87. The number of piperidine rings is 1. The van der Waals surface area contributed by atoms with Gasteiger partial charge in [0.05, 0.1) is 12.6 Å². The van der Waals surface area contributed by atoms with Gasteiger partial charge in [-0.3, -0.25) is 4.90 Å². The van der Waals surface area contributed by atoms with Gasteiger partial charge in [0.2, 0.25) is 0 Å². The van der Waals surface area contributed by atoms with E-state index in [9.17, 15) is 9.18 Å². The Labute approximate surface area is 187 Å². The zero-order valence-electron chi connectivity index (χ0n) is 19.2. The molecule has 0 aromatic heterocycles. The van der Waals surface area contributed by atoms with Gasteiger partial charge < -0.3 is 15.2 Å². The molecule has 2 bridgehead atoms. The highest BCUT2D eigenvalue weighted by Crippen LogP contribution is 2.51. The molecule has 1 heterocycles. The number of fused-ring (bicyclic) bond motifs is 2. The molecular weight excluding hydrogens is 391 g/mol. The van der Waals surface area contributed by atoms with Crippen molar-refractivity contribution in [1.82, 2.24) is 10.2 Å². The van der Waals surface area contributed by atoms with Crippen LogP contribution in [0.25, 0.3) is 0 Å². The molecule has 4 nitrogen and oxygen atoms in total. The van der Waals surface area contributed by atoms with Crippen LogP contribution in [0, 0.1) is 24.6 Å². The number of rotatable bonds is 4. The van der Waals surface area contributed by atoms with E-state index >= 15 is 0 Å². The Bertz CT molecular complexity index is 699. The Balaban J connectivity index is 0.000000241. The van der Waals surface area contributed by atoms with Crippen LogP contribution >= 0.6 is 0 Å². The van der Waals surface area contributed by atoms with Crippen LogP contribution < -0.4 is 5.32 Å². The third-order valence-electron chi connectivity index (χ3n) is 7.38. The van der Waals surface area contributed by atoms with Gasteiger partial charge in [0, 0.05) is 18.6 Å². The number of carbonyl (C=O) groups excluding carboxylic acids is 1. The Morgan fingerprint density at radius 3 is 2.42 bits per heavy atom. The molecule has 172 valence electrons. The van der Waals surface area contributed by atoms with Crippen LogP contribution in [0.4, 0.5) is 4.39 Å². The topological polar surface area (TPSA) is 52.6 Å². The number of aldehydes is 1. The third-order valence-corrected chi connectivity index (χ3v) is 7.38. The van der Waals surface area contributed by atoms with E-state index in [0.717, 1.165) is 38.1 Å². The monoisotopic (exact) mass is 430 g/mol. The van der Waals surface area contributed by atoms with E-state index in [1.165, 1.54) is 44.1 Å². The smallest absolute Gasteiger partial charge is 0.133 e. The first-order valence-corrected chi connectivity index (χ1v) is 11.5. The van der Waals surface area contributed by atoms with Crippen molar-refractivity contribution in [1.29, 1.82) is 0 Å². The van der Waals surface area contributed by atoms with Crippen molar-refractivity contribution in [3.8, 4) is 12.8 Å². The molecule has 3 fully saturated rings. The molecule has 3 aliphatic rings. The molecule has 2 aliphatic carbocycles. The molecule has 3 atom stereocenters. The molecule has 4 rings (SSSR count). The highest BCUT2D eigenvalue weighted by Gasteiger charge is 2.47. The molecule has 1 aromatic rings. The summed E-state index contributed by atoms with van der Waals surface area (Å²) < 4.78 is 13.1. The van der Waals surface area contributed by atoms with E-state index in [1.54, 1.807) is 12.1 Å². The number of nitrogens with one attached hydrogen (secondary N) is 1. The predicted molar refractivity (Wildman–Crippen MR) is 124 cm³/mol. The Morgan fingerprint density at radius 1 is 1.19 bits per heavy atom. The van der Waals surface area contributed by atoms with Crippen molar-refractivity contribution in [2.24, 2.45) is 5.92 Å². The molecule has 1 aromatic carbocycles. The molecule has 0 unspecified atom stereocenters. The maximum absolute atomic E-state index is 13.1. The van der Waals surface area contributed by atoms with Crippen LogP contribution in [0.1, 0.15) is 63.9 Å². The summed E-state index contributed by atoms with van der Waals surface area (Å²) >= 11 is 0. The van der Waals surface area contributed by atoms with Crippen LogP contribution in [-0.2, 0) is 10.2 Å². The minimum atomic E-state index is -0.136. The number of likely N-dealkylation sites (tertiary alicyclic amines) is 1. The summed E-state index contributed by atoms with van der Waals surface area (Å²) in [5.41, 5.74) is 1.81. The van der Waals surface area contributed by atoms with E-state index in [0.29, 0.717) is 12.1 Å². The lowest BCUT2D eigenvalue weighted by Gasteiger charge is -2.53. The number of aliphatic hydroxyl groups excluding tert-OH is 1. The number of hydrogen-bond acceptors (Lipinski definition) is 4. The normalized spacial score (nSPS) is 30.8. The number of carbonyl (C=O) groups is 1. The van der Waals surface area contributed by atoms with E-state index in [1.807, 2.05) is 12.1 Å². The zero-order chi connectivity index (χ0) is 22.9. The number of halogens is 1. The van der Waals surface area contributed by atoms with Crippen LogP contribution in [0.3, 0.4) is 0 Å². The second kappa shape index (κ2) is 11.8. The molecule has 2 N–H and O–H groups in total. The first-order valence-electron chi connectivity index (χ1n) is 11.5. The van der Waals surface area contributed by atoms with Gasteiger partial charge in [-0.05, 0) is 74.6 Å². The quantitative estimate of drug-likeness (QED) is 0.562. The van der Waals surface area contributed by atoms with Crippen LogP contribution in [0.2, 0.25) is 0 Å². The lowest BCUT2D eigenvalue weighted by atomic mass is 9.56. The first-order chi connectivity index (χ1) is 14.9. The molecule has 1 saturated heterocycles. The minimum absolute atomic E-state index is 0.133. The molecule has 5 heteroatoms. The van der Waals surface area contributed by atoms with Crippen LogP contribution in [0.15, 0.2) is 24.3 Å². The van der Waals surface area contributed by atoms with Crippen molar-refractivity contribution >= 4 is 6.29 Å². The van der Waals surface area contributed by atoms with Crippen molar-refractivity contribution in [3.63, 3.8) is 0 Å². The average Bonchev–Trinajstić information content (AvgIpc) is 2.77. The summed E-state index contributed by atoms with van der Waals surface area (Å²) in [6.07, 6.45) is 18.2. The van der Waals surface area contributed by atoms with Gasteiger partial charge in [-0.15, -0.1) is 12.8 Å². The highest BCUT2D eigenvalue weighted by atomic mass is 19.1. The van der Waals surface area contributed by atoms with Crippen molar-refractivity contribution in [2.45, 2.75) is 75.3 Å². The van der Waals surface area contributed by atoms with Gasteiger partial charge >= 0.3 is 0 Å². The van der Waals surface area contributed by atoms with Gasteiger partial charge in [0.25, 0.3) is 0 Å². The minimum Gasteiger partial charge on any atom is -0.393 e. The second-order valence-electron chi connectivity index (χ2n) is 9.64. The highest BCUT2D eigenvalue weighted by molar-refractivity contribution is 5.51. The Hall–Kier alpha value is -1.74. The van der Waals surface area contributed by atoms with Crippen molar-refractivity contribution in [3.05, 3.63) is 35.6 Å². The molecule has 0 spiro atoms. The fourth-order valence-electron chi connectivity index (χ4n) is 5.87. The average molecular weight is 431 g/mol. The largest absolute Gasteiger partial charge is 0.393 e. The zero-order valence-corrected chi connectivity index (χ0v) is 19.2. The first kappa shape index (κ1) is 25.5. The molecule has 0 radical (unpaired) electrons. The van der Waals surface area contributed by atoms with E-state index in [-0.39, 0.29) is 17.3 Å². The number of terminal acetylenes is 1. The number of hydrogen-bond donors (Lipinski definition) is 2. The number of benzene rings is 1. The van der Waals surface area contributed by atoms with E-state index in [4.69, 9.17) is 5.11 Å². The van der Waals surface area contributed by atoms with Gasteiger partial charge in [0.1, 0.15) is 12.1 Å². The van der Waals surface area contributed by atoms with Crippen LogP contribution in [0.5, 0.6) is 0 Å². The molecular formula is C26H39FN2O2. The van der Waals surface area contributed by atoms with Gasteiger partial charge in [-0.1, -0.05) is 31.9 Å². The molecule has 1 aliphatic heterocycles. The van der Waals surface area contributed by atoms with Gasteiger partial charge in [-0.25, -0.2) is 4.39 Å². The fourth-order valence-corrected chi connectivity index (χ4v) is 5.87. The summed E-state index contributed by atoms with van der Waals surface area (Å²) in [7, 11) is 2.11. The summed E-state index contributed by atoms with van der Waals surface area (Å²) in [4.78, 5) is 12.1. The van der Waals surface area contributed by atoms with Gasteiger partial charge in [-0.2, -0.15) is 0 Å². The van der Waals surface area contributed by atoms with Crippen molar-refractivity contribution in [2.75, 3.05) is 26.7 Å². The maximum Gasteiger partial charge on any atom is 0.133 e. The maximum atomic E-state index is 13.1. The Kier molecular flexibility index (Phi) is 9.68. The number of aliphatic hydroxyl groups is 1. The fraction of sp³-hybridized carbons (Fsp3) is 0.654. The number of nitrogens with zero attached hydrogens (tertiary/aromatic N) is 1. The van der Waals surface area contributed by atoms with E-state index < -0.39 is 0 Å². The summed E-state index contributed by atoms with van der Waals surface area (Å²) in [5.74, 6) is 0.691. The SMILES string of the molecule is C#C.CN[C@@]12CCC[C@@H](C1)C[C@](C)(c1ccc(F)cc1)C2.O=CCN1CCC(O)CC1. The summed E-state index contributed by atoms with van der Waals surface area (Å²) in [6, 6.07) is 7.19. The molecule has 2 saturated carbocycles. The standard InChI is InChI=1S/C17H24FN.C7H13NO2.C2H2/c1-16(14-5-7-15(18)8-6-14)10-13-4-3-9-17(11-13,12-16)19-2;9-6-5-8-3-1-7(10)2-4-8;1-2/h5-8,13,19H,3-4,9-12H2,1-2H3;6-7,10H,1-5H2;1-2H/t13-,16+,17+;;/m1../s1. The molecule has 0 amide bonds.